The first-order chi connectivity index (χ1) is 14.1. The Labute approximate surface area is 172 Å². The minimum Gasteiger partial charge on any atom is -0.494 e. The smallest absolute Gasteiger partial charge is 0.222 e. The van der Waals surface area contributed by atoms with Crippen molar-refractivity contribution in [3.63, 3.8) is 0 Å². The molecule has 0 aromatic heterocycles. The van der Waals surface area contributed by atoms with Crippen LogP contribution in [0.1, 0.15) is 49.0 Å². The molecule has 2 aromatic carbocycles. The lowest BCUT2D eigenvalue weighted by molar-refractivity contribution is -0.122. The van der Waals surface area contributed by atoms with Crippen LogP contribution in [0.15, 0.2) is 48.5 Å². The van der Waals surface area contributed by atoms with Gasteiger partial charge in [-0.05, 0) is 37.1 Å². The van der Waals surface area contributed by atoms with Crippen molar-refractivity contribution >= 4 is 11.8 Å². The van der Waals surface area contributed by atoms with E-state index in [0.717, 1.165) is 18.5 Å². The fraction of sp³-hybridized carbons (Fsp3) is 0.391. The van der Waals surface area contributed by atoms with E-state index in [1.54, 1.807) is 0 Å². The molecule has 2 unspecified atom stereocenters. The molecule has 0 bridgehead atoms. The molecule has 1 heterocycles. The zero-order chi connectivity index (χ0) is 20.6. The Morgan fingerprint density at radius 1 is 1.17 bits per heavy atom. The highest BCUT2D eigenvalue weighted by atomic mass is 16.5. The molecule has 0 spiro atoms. The van der Waals surface area contributed by atoms with E-state index in [4.69, 9.17) is 4.74 Å². The maximum atomic E-state index is 12.7. The van der Waals surface area contributed by atoms with Gasteiger partial charge in [0.15, 0.2) is 0 Å². The van der Waals surface area contributed by atoms with Gasteiger partial charge >= 0.3 is 0 Å². The number of para-hydroxylation sites is 1. The Bertz CT molecular complexity index is 853. The molecule has 6 heteroatoms. The summed E-state index contributed by atoms with van der Waals surface area (Å²) in [6.07, 6.45) is 1.15. The number of benzene rings is 2. The molecule has 2 aromatic rings. The number of hydrogen-bond acceptors (Lipinski definition) is 4. The van der Waals surface area contributed by atoms with Gasteiger partial charge in [-0.15, -0.1) is 0 Å². The summed E-state index contributed by atoms with van der Waals surface area (Å²) in [6.45, 7) is 5.29. The third-order valence-corrected chi connectivity index (χ3v) is 5.08. The highest BCUT2D eigenvalue weighted by Crippen LogP contribution is 2.28. The van der Waals surface area contributed by atoms with E-state index in [1.807, 2.05) is 43.3 Å². The molecule has 1 aliphatic rings. The third-order valence-electron chi connectivity index (χ3n) is 5.08. The van der Waals surface area contributed by atoms with E-state index in [2.05, 4.69) is 28.1 Å². The van der Waals surface area contributed by atoms with Gasteiger partial charge in [-0.2, -0.15) is 0 Å². The van der Waals surface area contributed by atoms with Crippen LogP contribution in [0.25, 0.3) is 0 Å². The number of carbonyl (C=O) groups excluding carboxylic acids is 2. The molecule has 2 atom stereocenters. The Hall–Kier alpha value is -2.86. The molecule has 0 aliphatic carbocycles. The molecular weight excluding hydrogens is 366 g/mol. The number of rotatable bonds is 8. The zero-order valence-electron chi connectivity index (χ0n) is 17.0. The van der Waals surface area contributed by atoms with Crippen LogP contribution in [0.4, 0.5) is 0 Å². The first-order valence-electron chi connectivity index (χ1n) is 10.1. The monoisotopic (exact) mass is 395 g/mol. The number of carbonyl (C=O) groups is 2. The van der Waals surface area contributed by atoms with E-state index < -0.39 is 6.04 Å². The van der Waals surface area contributed by atoms with Gasteiger partial charge in [-0.25, -0.2) is 0 Å². The lowest BCUT2D eigenvalue weighted by Crippen LogP contribution is -2.40. The Kier molecular flexibility index (Phi) is 7.25. The molecular formula is C23H29N3O3. The molecule has 2 amide bonds. The predicted octanol–water partition coefficient (Wildman–Crippen LogP) is 2.66. The molecule has 0 saturated carbocycles. The van der Waals surface area contributed by atoms with Gasteiger partial charge in [-0.3, -0.25) is 9.59 Å². The normalized spacial score (nSPS) is 16.4. The minimum absolute atomic E-state index is 0.0961. The van der Waals surface area contributed by atoms with Crippen LogP contribution < -0.4 is 20.7 Å². The summed E-state index contributed by atoms with van der Waals surface area (Å²) in [5.74, 6) is 0.390. The molecule has 3 rings (SSSR count). The van der Waals surface area contributed by atoms with Gasteiger partial charge in [-0.1, -0.05) is 42.5 Å². The fourth-order valence-corrected chi connectivity index (χ4v) is 3.79. The van der Waals surface area contributed by atoms with Crippen molar-refractivity contribution in [1.29, 1.82) is 0 Å². The standard InChI is InChI=1S/C23H29N3O3/c1-3-29-22-11-7-6-10-19(22)20(26-16(2)27)14-23(28)25-15-21-18-9-5-4-8-17(18)12-13-24-21/h4-11,20-21,24H,3,12-15H2,1-2H3,(H,25,28)(H,26,27). The van der Waals surface area contributed by atoms with Crippen molar-refractivity contribution in [2.75, 3.05) is 19.7 Å². The largest absolute Gasteiger partial charge is 0.494 e. The van der Waals surface area contributed by atoms with Gasteiger partial charge in [0.05, 0.1) is 19.1 Å². The molecule has 0 fully saturated rings. The van der Waals surface area contributed by atoms with Crippen LogP contribution >= 0.6 is 0 Å². The summed E-state index contributed by atoms with van der Waals surface area (Å²) in [4.78, 5) is 24.4. The summed E-state index contributed by atoms with van der Waals surface area (Å²) in [6, 6.07) is 15.5. The maximum Gasteiger partial charge on any atom is 0.222 e. The second kappa shape index (κ2) is 10.1. The molecule has 154 valence electrons. The van der Waals surface area contributed by atoms with Gasteiger partial charge in [0, 0.05) is 25.1 Å². The molecule has 6 nitrogen and oxygen atoms in total. The maximum absolute atomic E-state index is 12.7. The average Bonchev–Trinajstić information content (AvgIpc) is 2.72. The molecule has 29 heavy (non-hydrogen) atoms. The van der Waals surface area contributed by atoms with Crippen molar-refractivity contribution in [2.24, 2.45) is 0 Å². The SMILES string of the molecule is CCOc1ccccc1C(CC(=O)NCC1NCCc2ccccc21)NC(C)=O. The van der Waals surface area contributed by atoms with Crippen LogP contribution in [0.5, 0.6) is 5.75 Å². The highest BCUT2D eigenvalue weighted by molar-refractivity contribution is 5.79. The number of fused-ring (bicyclic) bond motifs is 1. The lowest BCUT2D eigenvalue weighted by atomic mass is 9.94. The number of nitrogens with one attached hydrogen (secondary N) is 3. The highest BCUT2D eigenvalue weighted by Gasteiger charge is 2.23. The summed E-state index contributed by atoms with van der Waals surface area (Å²) < 4.78 is 5.68. The van der Waals surface area contributed by atoms with Gasteiger partial charge < -0.3 is 20.7 Å². The number of hydrogen-bond donors (Lipinski definition) is 3. The van der Waals surface area contributed by atoms with Crippen molar-refractivity contribution in [1.82, 2.24) is 16.0 Å². The Morgan fingerprint density at radius 2 is 1.93 bits per heavy atom. The van der Waals surface area contributed by atoms with Crippen LogP contribution in [0.3, 0.4) is 0 Å². The summed E-state index contributed by atoms with van der Waals surface area (Å²) in [7, 11) is 0. The van der Waals surface area contributed by atoms with E-state index in [-0.39, 0.29) is 24.3 Å². The molecule has 0 saturated heterocycles. The van der Waals surface area contributed by atoms with E-state index >= 15 is 0 Å². The van der Waals surface area contributed by atoms with Gasteiger partial charge in [0.2, 0.25) is 11.8 Å². The second-order valence-electron chi connectivity index (χ2n) is 7.19. The van der Waals surface area contributed by atoms with Gasteiger partial charge in [0.1, 0.15) is 5.75 Å². The first kappa shape index (κ1) is 20.9. The van der Waals surface area contributed by atoms with Crippen LogP contribution in [-0.4, -0.2) is 31.5 Å². The van der Waals surface area contributed by atoms with E-state index in [0.29, 0.717) is 18.9 Å². The van der Waals surface area contributed by atoms with Crippen molar-refractivity contribution in [3.05, 3.63) is 65.2 Å². The quantitative estimate of drug-likeness (QED) is 0.642. The van der Waals surface area contributed by atoms with Crippen LogP contribution in [0, 0.1) is 0 Å². The summed E-state index contributed by atoms with van der Waals surface area (Å²) in [5, 5.41) is 9.38. The molecule has 0 radical (unpaired) electrons. The minimum atomic E-state index is -0.443. The van der Waals surface area contributed by atoms with Crippen molar-refractivity contribution in [2.45, 2.75) is 38.8 Å². The topological polar surface area (TPSA) is 79.5 Å². The second-order valence-corrected chi connectivity index (χ2v) is 7.19. The first-order valence-corrected chi connectivity index (χ1v) is 10.1. The van der Waals surface area contributed by atoms with Crippen LogP contribution in [-0.2, 0) is 16.0 Å². The predicted molar refractivity (Wildman–Crippen MR) is 113 cm³/mol. The summed E-state index contributed by atoms with van der Waals surface area (Å²) in [5.41, 5.74) is 3.37. The number of ether oxygens (including phenoxy) is 1. The lowest BCUT2D eigenvalue weighted by Gasteiger charge is -2.27. The Balaban J connectivity index is 1.66. The number of amides is 2. The van der Waals surface area contributed by atoms with Crippen molar-refractivity contribution in [3.8, 4) is 5.75 Å². The van der Waals surface area contributed by atoms with Crippen LogP contribution in [0.2, 0.25) is 0 Å². The summed E-state index contributed by atoms with van der Waals surface area (Å²) >= 11 is 0. The molecule has 1 aliphatic heterocycles. The zero-order valence-corrected chi connectivity index (χ0v) is 17.0. The van der Waals surface area contributed by atoms with E-state index in [9.17, 15) is 9.59 Å². The Morgan fingerprint density at radius 3 is 2.72 bits per heavy atom. The molecule has 3 N–H and O–H groups in total. The van der Waals surface area contributed by atoms with Gasteiger partial charge in [0.25, 0.3) is 0 Å². The average molecular weight is 396 g/mol. The van der Waals surface area contributed by atoms with Crippen molar-refractivity contribution < 1.29 is 14.3 Å². The third kappa shape index (κ3) is 5.57. The van der Waals surface area contributed by atoms with E-state index in [1.165, 1.54) is 18.1 Å². The fourth-order valence-electron chi connectivity index (χ4n) is 3.79.